The van der Waals surface area contributed by atoms with Crippen LogP contribution in [0.25, 0.3) is 11.0 Å². The Balaban J connectivity index is 1.71. The molecule has 2 N–H and O–H groups in total. The van der Waals surface area contributed by atoms with E-state index in [1.807, 2.05) is 6.07 Å². The van der Waals surface area contributed by atoms with E-state index in [1.54, 1.807) is 30.3 Å². The van der Waals surface area contributed by atoms with Crippen LogP contribution in [-0.4, -0.2) is 27.1 Å². The second kappa shape index (κ2) is 6.45. The van der Waals surface area contributed by atoms with E-state index < -0.39 is 6.10 Å². The van der Waals surface area contributed by atoms with Crippen molar-refractivity contribution in [3.8, 4) is 0 Å². The molecule has 3 aromatic rings. The zero-order valence-electron chi connectivity index (χ0n) is 12.2. The number of hydrogen-bond donors (Lipinski definition) is 2. The number of nitrogens with zero attached hydrogens (tertiary/aromatic N) is 2. The Bertz CT molecular complexity index is 870. The quantitative estimate of drug-likeness (QED) is 0.727. The van der Waals surface area contributed by atoms with Crippen molar-refractivity contribution in [3.63, 3.8) is 0 Å². The monoisotopic (exact) mass is 313 g/mol. The van der Waals surface area contributed by atoms with Gasteiger partial charge in [-0.3, -0.25) is 14.2 Å². The summed E-state index contributed by atoms with van der Waals surface area (Å²) in [7, 11) is 0. The van der Waals surface area contributed by atoms with Crippen molar-refractivity contribution in [1.29, 1.82) is 0 Å². The fraction of sp³-hybridized carbons (Fsp3) is 0.188. The van der Waals surface area contributed by atoms with Crippen LogP contribution in [0.2, 0.25) is 0 Å². The topological polar surface area (TPSA) is 97.4 Å². The second-order valence-corrected chi connectivity index (χ2v) is 5.01. The maximum Gasteiger partial charge on any atom is 0.269 e. The second-order valence-electron chi connectivity index (χ2n) is 5.01. The summed E-state index contributed by atoms with van der Waals surface area (Å²) in [4.78, 5) is 28.0. The summed E-state index contributed by atoms with van der Waals surface area (Å²) in [5.41, 5.74) is 0.864. The molecule has 23 heavy (non-hydrogen) atoms. The molecule has 1 amide bonds. The molecule has 0 bridgehead atoms. The van der Waals surface area contributed by atoms with Gasteiger partial charge in [0.15, 0.2) is 0 Å². The molecule has 1 atom stereocenters. The van der Waals surface area contributed by atoms with Crippen LogP contribution >= 0.6 is 0 Å². The maximum absolute atomic E-state index is 12.0. The zero-order chi connectivity index (χ0) is 16.2. The third-order valence-corrected chi connectivity index (χ3v) is 3.42. The number of amides is 1. The minimum Gasteiger partial charge on any atom is -0.467 e. The molecule has 0 radical (unpaired) electrons. The van der Waals surface area contributed by atoms with Gasteiger partial charge in [0, 0.05) is 0 Å². The number of aliphatic hydroxyl groups is 1. The van der Waals surface area contributed by atoms with E-state index in [9.17, 15) is 14.7 Å². The molecule has 0 saturated carbocycles. The highest BCUT2D eigenvalue weighted by atomic mass is 16.4. The third-order valence-electron chi connectivity index (χ3n) is 3.42. The number of carbonyl (C=O) groups excluding carboxylic acids is 1. The van der Waals surface area contributed by atoms with Gasteiger partial charge in [0.25, 0.3) is 5.56 Å². The first-order valence-corrected chi connectivity index (χ1v) is 7.08. The van der Waals surface area contributed by atoms with E-state index in [-0.39, 0.29) is 24.6 Å². The lowest BCUT2D eigenvalue weighted by atomic mass is 10.2. The third kappa shape index (κ3) is 3.29. The van der Waals surface area contributed by atoms with Crippen LogP contribution in [0.5, 0.6) is 0 Å². The normalized spacial score (nSPS) is 12.2. The number of benzene rings is 1. The number of furan rings is 1. The fourth-order valence-electron chi connectivity index (χ4n) is 2.27. The molecule has 0 saturated heterocycles. The SMILES string of the molecule is O=C(Cn1c(=O)cnc2ccccc21)NCC(O)c1ccco1. The predicted octanol–water partition coefficient (Wildman–Crippen LogP) is 0.839. The number of hydrogen-bond acceptors (Lipinski definition) is 5. The van der Waals surface area contributed by atoms with Crippen molar-refractivity contribution in [1.82, 2.24) is 14.9 Å². The minimum absolute atomic E-state index is 0.00408. The van der Waals surface area contributed by atoms with Crippen LogP contribution in [0.4, 0.5) is 0 Å². The Morgan fingerprint density at radius 2 is 2.13 bits per heavy atom. The lowest BCUT2D eigenvalue weighted by Gasteiger charge is -2.12. The van der Waals surface area contributed by atoms with Crippen LogP contribution in [0, 0.1) is 0 Å². The van der Waals surface area contributed by atoms with E-state index >= 15 is 0 Å². The first-order chi connectivity index (χ1) is 11.1. The summed E-state index contributed by atoms with van der Waals surface area (Å²) in [5.74, 6) is -0.00844. The first-order valence-electron chi connectivity index (χ1n) is 7.08. The van der Waals surface area contributed by atoms with E-state index in [2.05, 4.69) is 10.3 Å². The minimum atomic E-state index is -0.931. The molecule has 2 heterocycles. The van der Waals surface area contributed by atoms with Gasteiger partial charge in [-0.25, -0.2) is 4.98 Å². The highest BCUT2D eigenvalue weighted by molar-refractivity contribution is 5.79. The van der Waals surface area contributed by atoms with Gasteiger partial charge in [0.2, 0.25) is 5.91 Å². The van der Waals surface area contributed by atoms with Gasteiger partial charge in [-0.2, -0.15) is 0 Å². The summed E-state index contributed by atoms with van der Waals surface area (Å²) in [6.45, 7) is -0.142. The zero-order valence-corrected chi connectivity index (χ0v) is 12.2. The van der Waals surface area contributed by atoms with Crippen molar-refractivity contribution >= 4 is 16.9 Å². The molecule has 0 aliphatic rings. The molecule has 0 aliphatic carbocycles. The molecule has 7 nitrogen and oxygen atoms in total. The Labute approximate surface area is 131 Å². The molecule has 0 spiro atoms. The van der Waals surface area contributed by atoms with Crippen molar-refractivity contribution in [2.75, 3.05) is 6.54 Å². The smallest absolute Gasteiger partial charge is 0.269 e. The Hall–Kier alpha value is -2.93. The lowest BCUT2D eigenvalue weighted by Crippen LogP contribution is -2.34. The summed E-state index contributed by atoms with van der Waals surface area (Å²) >= 11 is 0. The van der Waals surface area contributed by atoms with Gasteiger partial charge >= 0.3 is 0 Å². The van der Waals surface area contributed by atoms with E-state index in [0.29, 0.717) is 16.8 Å². The average molecular weight is 313 g/mol. The van der Waals surface area contributed by atoms with Crippen molar-refractivity contribution < 1.29 is 14.3 Å². The van der Waals surface area contributed by atoms with Crippen LogP contribution < -0.4 is 10.9 Å². The Morgan fingerprint density at radius 3 is 2.91 bits per heavy atom. The largest absolute Gasteiger partial charge is 0.467 e. The molecule has 0 aliphatic heterocycles. The van der Waals surface area contributed by atoms with Crippen molar-refractivity contribution in [3.05, 3.63) is 65.0 Å². The molecule has 3 rings (SSSR count). The van der Waals surface area contributed by atoms with Gasteiger partial charge < -0.3 is 14.8 Å². The number of aliphatic hydroxyl groups excluding tert-OH is 1. The van der Waals surface area contributed by atoms with Crippen LogP contribution in [0.15, 0.2) is 58.1 Å². The predicted molar refractivity (Wildman–Crippen MR) is 82.7 cm³/mol. The summed E-state index contributed by atoms with van der Waals surface area (Å²) in [6, 6.07) is 10.4. The maximum atomic E-state index is 12.0. The standard InChI is InChI=1S/C16H15N3O4/c20-13(14-6-3-7-23-14)8-18-15(21)10-19-12-5-2-1-4-11(12)17-9-16(19)22/h1-7,9,13,20H,8,10H2,(H,18,21). The number of para-hydroxylation sites is 2. The van der Waals surface area contributed by atoms with E-state index in [4.69, 9.17) is 4.42 Å². The van der Waals surface area contributed by atoms with Crippen molar-refractivity contribution in [2.24, 2.45) is 0 Å². The summed E-state index contributed by atoms with van der Waals surface area (Å²) in [6.07, 6.45) is 1.70. The fourth-order valence-corrected chi connectivity index (χ4v) is 2.27. The van der Waals surface area contributed by atoms with Gasteiger partial charge in [-0.15, -0.1) is 0 Å². The Kier molecular flexibility index (Phi) is 4.20. The average Bonchev–Trinajstić information content (AvgIpc) is 3.10. The number of aromatic nitrogens is 2. The van der Waals surface area contributed by atoms with Gasteiger partial charge in [0.05, 0.1) is 30.0 Å². The highest BCUT2D eigenvalue weighted by Crippen LogP contribution is 2.11. The molecule has 7 heteroatoms. The molecule has 1 aromatic carbocycles. The molecule has 1 unspecified atom stereocenters. The van der Waals surface area contributed by atoms with Crippen LogP contribution in [0.3, 0.4) is 0 Å². The molecule has 118 valence electrons. The molecule has 2 aromatic heterocycles. The van der Waals surface area contributed by atoms with Crippen molar-refractivity contribution in [2.45, 2.75) is 12.6 Å². The van der Waals surface area contributed by atoms with Gasteiger partial charge in [-0.1, -0.05) is 12.1 Å². The Morgan fingerprint density at radius 1 is 1.30 bits per heavy atom. The lowest BCUT2D eigenvalue weighted by molar-refractivity contribution is -0.122. The molecular formula is C16H15N3O4. The van der Waals surface area contributed by atoms with Gasteiger partial charge in [0.1, 0.15) is 18.4 Å². The first kappa shape index (κ1) is 15.0. The van der Waals surface area contributed by atoms with E-state index in [1.165, 1.54) is 17.0 Å². The molecule has 0 fully saturated rings. The highest BCUT2D eigenvalue weighted by Gasteiger charge is 2.13. The van der Waals surface area contributed by atoms with Gasteiger partial charge in [-0.05, 0) is 24.3 Å². The number of fused-ring (bicyclic) bond motifs is 1. The number of nitrogens with one attached hydrogen (secondary N) is 1. The molecular weight excluding hydrogens is 298 g/mol. The number of carbonyl (C=O) groups is 1. The van der Waals surface area contributed by atoms with E-state index in [0.717, 1.165) is 0 Å². The summed E-state index contributed by atoms with van der Waals surface area (Å²) in [5, 5.41) is 12.4. The summed E-state index contributed by atoms with van der Waals surface area (Å²) < 4.78 is 6.40. The van der Waals surface area contributed by atoms with Crippen LogP contribution in [0.1, 0.15) is 11.9 Å². The van der Waals surface area contributed by atoms with Crippen LogP contribution in [-0.2, 0) is 11.3 Å². The number of rotatable bonds is 5.